The van der Waals surface area contributed by atoms with Crippen LogP contribution in [-0.2, 0) is 0 Å². The lowest BCUT2D eigenvalue weighted by atomic mass is 9.86. The number of hydrogen-bond acceptors (Lipinski definition) is 3. The van der Waals surface area contributed by atoms with Crippen molar-refractivity contribution in [1.82, 2.24) is 15.0 Å². The van der Waals surface area contributed by atoms with Gasteiger partial charge >= 0.3 is 0 Å². The summed E-state index contributed by atoms with van der Waals surface area (Å²) in [7, 11) is 0. The molecule has 0 radical (unpaired) electrons. The maximum atomic E-state index is 5.45. The Morgan fingerprint density at radius 3 is 1.59 bits per heavy atom. The van der Waals surface area contributed by atoms with Crippen LogP contribution in [0.25, 0.3) is 88.0 Å². The molecule has 0 spiro atoms. The molecule has 3 heteroatoms. The summed E-state index contributed by atoms with van der Waals surface area (Å²) in [5.41, 5.74) is 11.6. The van der Waals surface area contributed by atoms with Gasteiger partial charge in [-0.1, -0.05) is 115 Å². The highest BCUT2D eigenvalue weighted by molar-refractivity contribution is 6.25. The van der Waals surface area contributed by atoms with Gasteiger partial charge in [-0.2, -0.15) is 0 Å². The average molecular weight is 588 g/mol. The van der Waals surface area contributed by atoms with Crippen LogP contribution in [0.2, 0.25) is 0 Å². The Morgan fingerprint density at radius 1 is 0.370 bits per heavy atom. The van der Waals surface area contributed by atoms with Gasteiger partial charge < -0.3 is 0 Å². The van der Waals surface area contributed by atoms with Crippen molar-refractivity contribution in [1.29, 1.82) is 0 Å². The third-order valence-electron chi connectivity index (χ3n) is 9.37. The van der Waals surface area contributed by atoms with Crippen molar-refractivity contribution in [3.8, 4) is 33.8 Å². The Kier molecular flexibility index (Phi) is 5.94. The van der Waals surface area contributed by atoms with Crippen molar-refractivity contribution in [2.75, 3.05) is 0 Å². The summed E-state index contributed by atoms with van der Waals surface area (Å²) in [6.45, 7) is 4.53. The van der Waals surface area contributed by atoms with E-state index in [9.17, 15) is 0 Å². The largest absolute Gasteiger partial charge is 0.248 e. The zero-order valence-corrected chi connectivity index (χ0v) is 25.6. The first-order valence-electron chi connectivity index (χ1n) is 15.7. The van der Waals surface area contributed by atoms with Gasteiger partial charge in [0.15, 0.2) is 0 Å². The van der Waals surface area contributed by atoms with Crippen LogP contribution in [0.1, 0.15) is 11.1 Å². The summed E-state index contributed by atoms with van der Waals surface area (Å²) in [4.78, 5) is 15.8. The molecule has 0 saturated heterocycles. The second kappa shape index (κ2) is 10.3. The predicted molar refractivity (Wildman–Crippen MR) is 193 cm³/mol. The minimum absolute atomic E-state index is 0.942. The van der Waals surface area contributed by atoms with Crippen molar-refractivity contribution in [2.45, 2.75) is 13.8 Å². The first kappa shape index (κ1) is 26.5. The second-order valence-corrected chi connectivity index (χ2v) is 12.0. The Morgan fingerprint density at radius 2 is 0.913 bits per heavy atom. The number of aryl methyl sites for hydroxylation is 2. The van der Waals surface area contributed by atoms with Gasteiger partial charge in [-0.3, -0.25) is 0 Å². The van der Waals surface area contributed by atoms with Crippen LogP contribution in [0, 0.1) is 13.8 Å². The number of para-hydroxylation sites is 2. The first-order chi connectivity index (χ1) is 22.7. The Balaban J connectivity index is 1.44. The number of aromatic nitrogens is 3. The van der Waals surface area contributed by atoms with Gasteiger partial charge in [0.25, 0.3) is 0 Å². The molecule has 0 unspecified atom stereocenters. The van der Waals surface area contributed by atoms with Crippen molar-refractivity contribution in [3.63, 3.8) is 0 Å². The molecular formula is C43H29N3. The fourth-order valence-electron chi connectivity index (χ4n) is 7.23. The summed E-state index contributed by atoms with van der Waals surface area (Å²) in [5.74, 6) is 0. The van der Waals surface area contributed by atoms with Gasteiger partial charge in [0.1, 0.15) is 0 Å². The third kappa shape index (κ3) is 4.02. The SMILES string of the molecule is Cc1c2c(-c3ccccc3)nc3cc(-c4ccc5ccccc5n4)ccc3c2c(C)c2c(-c3ccccc3)nc3ccccc3c12. The molecule has 3 heterocycles. The van der Waals surface area contributed by atoms with Crippen LogP contribution in [0.4, 0.5) is 0 Å². The summed E-state index contributed by atoms with van der Waals surface area (Å²) in [6, 6.07) is 48.8. The Hall–Kier alpha value is -5.93. The minimum Gasteiger partial charge on any atom is -0.248 e. The average Bonchev–Trinajstić information content (AvgIpc) is 3.12. The highest BCUT2D eigenvalue weighted by Gasteiger charge is 2.22. The quantitative estimate of drug-likeness (QED) is 0.152. The Bertz CT molecular complexity index is 2640. The highest BCUT2D eigenvalue weighted by atomic mass is 14.7. The second-order valence-electron chi connectivity index (χ2n) is 12.0. The minimum atomic E-state index is 0.942. The normalized spacial score (nSPS) is 11.7. The molecule has 46 heavy (non-hydrogen) atoms. The van der Waals surface area contributed by atoms with E-state index in [4.69, 9.17) is 15.0 Å². The zero-order chi connectivity index (χ0) is 30.8. The van der Waals surface area contributed by atoms with Crippen molar-refractivity contribution >= 4 is 54.3 Å². The van der Waals surface area contributed by atoms with Crippen molar-refractivity contribution in [2.24, 2.45) is 0 Å². The van der Waals surface area contributed by atoms with Crippen LogP contribution in [0.3, 0.4) is 0 Å². The lowest BCUT2D eigenvalue weighted by Gasteiger charge is -2.21. The first-order valence-corrected chi connectivity index (χ1v) is 15.7. The molecule has 9 rings (SSSR count). The van der Waals surface area contributed by atoms with Crippen LogP contribution in [-0.4, -0.2) is 15.0 Å². The fraction of sp³-hybridized carbons (Fsp3) is 0.0465. The van der Waals surface area contributed by atoms with E-state index < -0.39 is 0 Å². The summed E-state index contributed by atoms with van der Waals surface area (Å²) in [5, 5.41) is 8.28. The van der Waals surface area contributed by atoms with Gasteiger partial charge in [0, 0.05) is 43.6 Å². The molecule has 0 aliphatic rings. The van der Waals surface area contributed by atoms with Gasteiger partial charge in [0.2, 0.25) is 0 Å². The van der Waals surface area contributed by atoms with E-state index >= 15 is 0 Å². The van der Waals surface area contributed by atoms with Gasteiger partial charge in [-0.15, -0.1) is 0 Å². The van der Waals surface area contributed by atoms with E-state index in [2.05, 4.69) is 147 Å². The van der Waals surface area contributed by atoms with E-state index in [1.807, 2.05) is 6.07 Å². The third-order valence-corrected chi connectivity index (χ3v) is 9.37. The number of hydrogen-bond donors (Lipinski definition) is 0. The molecule has 0 N–H and O–H groups in total. The smallest absolute Gasteiger partial charge is 0.0791 e. The number of rotatable bonds is 3. The van der Waals surface area contributed by atoms with Gasteiger partial charge in [-0.25, -0.2) is 15.0 Å². The van der Waals surface area contributed by atoms with Gasteiger partial charge in [-0.05, 0) is 60.0 Å². The molecule has 216 valence electrons. The molecule has 0 fully saturated rings. The molecule has 0 aliphatic carbocycles. The predicted octanol–water partition coefficient (Wildman–Crippen LogP) is 11.3. The molecule has 0 bridgehead atoms. The van der Waals surface area contributed by atoms with Crippen molar-refractivity contribution in [3.05, 3.63) is 151 Å². The Labute approximate surface area is 266 Å². The maximum absolute atomic E-state index is 5.45. The van der Waals surface area contributed by atoms with E-state index in [0.29, 0.717) is 0 Å². The number of fused-ring (bicyclic) bond motifs is 7. The van der Waals surface area contributed by atoms with E-state index in [-0.39, 0.29) is 0 Å². The van der Waals surface area contributed by atoms with Crippen LogP contribution in [0.5, 0.6) is 0 Å². The number of nitrogens with zero attached hydrogens (tertiary/aromatic N) is 3. The maximum Gasteiger partial charge on any atom is 0.0791 e. The van der Waals surface area contributed by atoms with E-state index in [1.165, 1.54) is 32.7 Å². The topological polar surface area (TPSA) is 38.7 Å². The molecular weight excluding hydrogens is 558 g/mol. The monoisotopic (exact) mass is 587 g/mol. The zero-order valence-electron chi connectivity index (χ0n) is 25.6. The van der Waals surface area contributed by atoms with Crippen LogP contribution in [0.15, 0.2) is 140 Å². The van der Waals surface area contributed by atoms with Crippen LogP contribution >= 0.6 is 0 Å². The van der Waals surface area contributed by atoms with E-state index in [0.717, 1.165) is 66.5 Å². The van der Waals surface area contributed by atoms with Crippen LogP contribution < -0.4 is 0 Å². The summed E-state index contributed by atoms with van der Waals surface area (Å²) >= 11 is 0. The number of pyridine rings is 3. The molecule has 3 nitrogen and oxygen atoms in total. The molecule has 0 amide bonds. The summed E-state index contributed by atoms with van der Waals surface area (Å²) < 4.78 is 0. The lowest BCUT2D eigenvalue weighted by Crippen LogP contribution is -1.99. The lowest BCUT2D eigenvalue weighted by molar-refractivity contribution is 1.38. The molecule has 0 aliphatic heterocycles. The molecule has 9 aromatic rings. The molecule has 3 aromatic heterocycles. The molecule has 0 saturated carbocycles. The number of benzene rings is 6. The molecule has 0 atom stereocenters. The van der Waals surface area contributed by atoms with Crippen molar-refractivity contribution < 1.29 is 0 Å². The fourth-order valence-corrected chi connectivity index (χ4v) is 7.23. The highest BCUT2D eigenvalue weighted by Crippen LogP contribution is 2.45. The van der Waals surface area contributed by atoms with E-state index in [1.54, 1.807) is 0 Å². The summed E-state index contributed by atoms with van der Waals surface area (Å²) in [6.07, 6.45) is 0. The standard InChI is InChI=1S/C43H29N3/c1-26-38-32-18-10-12-20-36(32)45-42(29-14-5-3-6-15-29)40(38)27(2)39-33-23-21-31(35-24-22-28-13-9-11-19-34(28)44-35)25-37(33)46-43(41(26)39)30-16-7-4-8-17-30/h3-25H,1-2H3. The molecule has 6 aromatic carbocycles. The van der Waals surface area contributed by atoms with Gasteiger partial charge in [0.05, 0.1) is 33.6 Å².